The van der Waals surface area contributed by atoms with Gasteiger partial charge in [-0.05, 0) is 43.2 Å². The Hall–Kier alpha value is -2.94. The van der Waals surface area contributed by atoms with Crippen LogP contribution >= 0.6 is 15.9 Å². The SMILES string of the molecule is C=CC(=O)N1CCC[C@@H](Nc2ncnc(N)c2N(C=O)c2ccc(Br)cc2)C1. The van der Waals surface area contributed by atoms with E-state index in [-0.39, 0.29) is 17.8 Å². The van der Waals surface area contributed by atoms with Gasteiger partial charge in [-0.25, -0.2) is 9.97 Å². The highest BCUT2D eigenvalue weighted by molar-refractivity contribution is 9.10. The van der Waals surface area contributed by atoms with Gasteiger partial charge in [0.15, 0.2) is 11.6 Å². The van der Waals surface area contributed by atoms with Crippen molar-refractivity contribution in [1.82, 2.24) is 14.9 Å². The Labute approximate surface area is 171 Å². The number of nitrogen functional groups attached to an aromatic ring is 1. The summed E-state index contributed by atoms with van der Waals surface area (Å²) in [7, 11) is 0. The number of carbonyl (C=O) groups excluding carboxylic acids is 2. The lowest BCUT2D eigenvalue weighted by Crippen LogP contribution is -2.44. The van der Waals surface area contributed by atoms with Crippen LogP contribution in [0.3, 0.4) is 0 Å². The maximum atomic E-state index is 11.9. The zero-order valence-electron chi connectivity index (χ0n) is 15.2. The van der Waals surface area contributed by atoms with Gasteiger partial charge in [0.25, 0.3) is 0 Å². The molecule has 0 bridgehead atoms. The number of likely N-dealkylation sites (tertiary alicyclic amines) is 1. The summed E-state index contributed by atoms with van der Waals surface area (Å²) in [5, 5.41) is 3.33. The molecule has 1 saturated heterocycles. The zero-order chi connectivity index (χ0) is 20.1. The molecule has 2 heterocycles. The van der Waals surface area contributed by atoms with Gasteiger partial charge in [0.2, 0.25) is 12.3 Å². The van der Waals surface area contributed by atoms with Crippen LogP contribution in [0.25, 0.3) is 0 Å². The number of rotatable bonds is 6. The summed E-state index contributed by atoms with van der Waals surface area (Å²) in [4.78, 5) is 35.3. The van der Waals surface area contributed by atoms with Gasteiger partial charge in [-0.15, -0.1) is 0 Å². The fourth-order valence-corrected chi connectivity index (χ4v) is 3.46. The quantitative estimate of drug-likeness (QED) is 0.524. The Morgan fingerprint density at radius 1 is 1.36 bits per heavy atom. The van der Waals surface area contributed by atoms with Crippen molar-refractivity contribution in [2.24, 2.45) is 0 Å². The van der Waals surface area contributed by atoms with E-state index in [0.717, 1.165) is 17.3 Å². The number of hydrogen-bond donors (Lipinski definition) is 2. The van der Waals surface area contributed by atoms with E-state index in [1.54, 1.807) is 17.0 Å². The number of anilines is 4. The van der Waals surface area contributed by atoms with E-state index < -0.39 is 0 Å². The summed E-state index contributed by atoms with van der Waals surface area (Å²) in [5.41, 5.74) is 7.10. The van der Waals surface area contributed by atoms with Crippen molar-refractivity contribution in [3.8, 4) is 0 Å². The van der Waals surface area contributed by atoms with Crippen LogP contribution in [0, 0.1) is 0 Å². The van der Waals surface area contributed by atoms with Crippen molar-refractivity contribution < 1.29 is 9.59 Å². The molecule has 0 radical (unpaired) electrons. The van der Waals surface area contributed by atoms with Gasteiger partial charge in [0, 0.05) is 29.3 Å². The lowest BCUT2D eigenvalue weighted by atomic mass is 10.1. The molecule has 1 aromatic carbocycles. The number of amides is 2. The average molecular weight is 445 g/mol. The largest absolute Gasteiger partial charge is 0.382 e. The third-order valence-electron chi connectivity index (χ3n) is 4.55. The molecule has 0 unspecified atom stereocenters. The molecule has 9 heteroatoms. The minimum Gasteiger partial charge on any atom is -0.382 e. The monoisotopic (exact) mass is 444 g/mol. The topological polar surface area (TPSA) is 104 Å². The molecule has 1 atom stereocenters. The molecule has 28 heavy (non-hydrogen) atoms. The van der Waals surface area contributed by atoms with Crippen molar-refractivity contribution in [3.05, 3.63) is 47.7 Å². The van der Waals surface area contributed by atoms with Gasteiger partial charge < -0.3 is 16.0 Å². The van der Waals surface area contributed by atoms with Gasteiger partial charge >= 0.3 is 0 Å². The Morgan fingerprint density at radius 3 is 2.79 bits per heavy atom. The van der Waals surface area contributed by atoms with Gasteiger partial charge in [-0.3, -0.25) is 14.5 Å². The summed E-state index contributed by atoms with van der Waals surface area (Å²) >= 11 is 3.38. The molecular formula is C19H21BrN6O2. The first-order valence-corrected chi connectivity index (χ1v) is 9.61. The second-order valence-corrected chi connectivity index (χ2v) is 7.30. The highest BCUT2D eigenvalue weighted by atomic mass is 79.9. The van der Waals surface area contributed by atoms with E-state index in [1.807, 2.05) is 12.1 Å². The Bertz CT molecular complexity index is 873. The average Bonchev–Trinajstić information content (AvgIpc) is 2.71. The molecule has 1 aromatic heterocycles. The minimum atomic E-state index is -0.0988. The molecule has 146 valence electrons. The number of nitrogens with two attached hydrogens (primary N) is 1. The minimum absolute atomic E-state index is 0.0240. The van der Waals surface area contributed by atoms with Crippen LogP contribution < -0.4 is 16.0 Å². The summed E-state index contributed by atoms with van der Waals surface area (Å²) in [5.74, 6) is 0.529. The second-order valence-electron chi connectivity index (χ2n) is 6.38. The predicted octanol–water partition coefficient (Wildman–Crippen LogP) is 2.70. The van der Waals surface area contributed by atoms with Crippen LogP contribution in [0.15, 0.2) is 47.7 Å². The molecule has 8 nitrogen and oxygen atoms in total. The van der Waals surface area contributed by atoms with E-state index in [0.29, 0.717) is 36.7 Å². The molecule has 3 rings (SSSR count). The Kier molecular flexibility index (Phi) is 6.25. The number of hydrogen-bond acceptors (Lipinski definition) is 6. The molecule has 0 aliphatic carbocycles. The normalized spacial score (nSPS) is 16.3. The first-order valence-electron chi connectivity index (χ1n) is 8.82. The highest BCUT2D eigenvalue weighted by Gasteiger charge is 2.25. The maximum absolute atomic E-state index is 11.9. The summed E-state index contributed by atoms with van der Waals surface area (Å²) < 4.78 is 0.895. The van der Waals surface area contributed by atoms with Gasteiger partial charge in [-0.1, -0.05) is 22.5 Å². The fraction of sp³-hybridized carbons (Fsp3) is 0.263. The number of aromatic nitrogens is 2. The van der Waals surface area contributed by atoms with Crippen LogP contribution in [-0.4, -0.2) is 46.3 Å². The molecule has 2 amide bonds. The lowest BCUT2D eigenvalue weighted by molar-refractivity contribution is -0.127. The van der Waals surface area contributed by atoms with Crippen molar-refractivity contribution in [1.29, 1.82) is 0 Å². The van der Waals surface area contributed by atoms with Crippen molar-refractivity contribution in [2.45, 2.75) is 18.9 Å². The Balaban J connectivity index is 1.89. The third-order valence-corrected chi connectivity index (χ3v) is 5.08. The molecule has 0 saturated carbocycles. The summed E-state index contributed by atoms with van der Waals surface area (Å²) in [6.07, 6.45) is 5.07. The van der Waals surface area contributed by atoms with Crippen LogP contribution in [0.1, 0.15) is 12.8 Å². The standard InChI is InChI=1S/C19H21BrN6O2/c1-2-16(28)25-9-3-4-14(10-25)24-19-17(18(21)22-11-23-19)26(12-27)15-7-5-13(20)6-8-15/h2,5-8,11-12,14H,1,3-4,9-10H2,(H3,21,22,23,24)/t14-/m1/s1. The van der Waals surface area contributed by atoms with E-state index in [2.05, 4.69) is 37.8 Å². The molecule has 1 fully saturated rings. The number of carbonyl (C=O) groups is 2. The third kappa shape index (κ3) is 4.30. The van der Waals surface area contributed by atoms with Crippen molar-refractivity contribution >= 4 is 51.3 Å². The van der Waals surface area contributed by atoms with Crippen LogP contribution in [0.4, 0.5) is 23.0 Å². The molecule has 0 spiro atoms. The highest BCUT2D eigenvalue weighted by Crippen LogP contribution is 2.34. The van der Waals surface area contributed by atoms with Gasteiger partial charge in [0.05, 0.1) is 0 Å². The van der Waals surface area contributed by atoms with Gasteiger partial charge in [-0.2, -0.15) is 0 Å². The van der Waals surface area contributed by atoms with E-state index in [4.69, 9.17) is 5.73 Å². The molecule has 1 aliphatic heterocycles. The molecule has 1 aliphatic rings. The summed E-state index contributed by atoms with van der Waals surface area (Å²) in [6.45, 7) is 4.76. The maximum Gasteiger partial charge on any atom is 0.246 e. The smallest absolute Gasteiger partial charge is 0.246 e. The summed E-state index contributed by atoms with van der Waals surface area (Å²) in [6, 6.07) is 7.22. The fourth-order valence-electron chi connectivity index (χ4n) is 3.20. The number of piperidine rings is 1. The second kappa shape index (κ2) is 8.83. The van der Waals surface area contributed by atoms with Crippen LogP contribution in [-0.2, 0) is 9.59 Å². The molecule has 3 N–H and O–H groups in total. The number of benzene rings is 1. The van der Waals surface area contributed by atoms with Gasteiger partial charge in [0.1, 0.15) is 12.0 Å². The van der Waals surface area contributed by atoms with Crippen molar-refractivity contribution in [2.75, 3.05) is 29.0 Å². The van der Waals surface area contributed by atoms with Crippen molar-refractivity contribution in [3.63, 3.8) is 0 Å². The number of nitrogens with one attached hydrogen (secondary N) is 1. The molecular weight excluding hydrogens is 424 g/mol. The first kappa shape index (κ1) is 19.8. The number of halogens is 1. The Morgan fingerprint density at radius 2 is 2.11 bits per heavy atom. The van der Waals surface area contributed by atoms with Crippen LogP contribution in [0.2, 0.25) is 0 Å². The van der Waals surface area contributed by atoms with E-state index in [9.17, 15) is 9.59 Å². The predicted molar refractivity (Wildman–Crippen MR) is 112 cm³/mol. The number of nitrogens with zero attached hydrogens (tertiary/aromatic N) is 4. The lowest BCUT2D eigenvalue weighted by Gasteiger charge is -2.33. The molecule has 2 aromatic rings. The van der Waals surface area contributed by atoms with Crippen LogP contribution in [0.5, 0.6) is 0 Å². The van der Waals surface area contributed by atoms with E-state index >= 15 is 0 Å². The first-order chi connectivity index (χ1) is 13.5. The van der Waals surface area contributed by atoms with E-state index in [1.165, 1.54) is 17.3 Å². The zero-order valence-corrected chi connectivity index (χ0v) is 16.8.